The van der Waals surface area contributed by atoms with E-state index in [1.165, 1.54) is 0 Å². The molecule has 30 heavy (non-hydrogen) atoms. The number of nitriles is 1. The van der Waals surface area contributed by atoms with E-state index in [1.54, 1.807) is 6.21 Å². The topological polar surface area (TPSA) is 58.5 Å². The van der Waals surface area contributed by atoms with Gasteiger partial charge in [0.25, 0.3) is 0 Å². The molecule has 0 amide bonds. The molecule has 0 aliphatic rings. The number of fused-ring (bicyclic) bond motifs is 1. The standard InChI is InChI=1S/C25H19ClN2O2/c1-16-17(2)30-25(22(16)13-27)28-14-23-21-6-4-3-5-19(21)9-12-24(23)29-15-18-7-10-20(26)11-8-18/h3-12,14H,15H2,1-2H3. The van der Waals surface area contributed by atoms with Crippen molar-refractivity contribution < 1.29 is 9.15 Å². The highest BCUT2D eigenvalue weighted by molar-refractivity contribution is 6.30. The van der Waals surface area contributed by atoms with E-state index in [0.717, 1.165) is 27.5 Å². The van der Waals surface area contributed by atoms with Gasteiger partial charge in [0.05, 0.1) is 0 Å². The molecule has 0 radical (unpaired) electrons. The van der Waals surface area contributed by atoms with Crippen molar-refractivity contribution in [3.63, 3.8) is 0 Å². The zero-order valence-electron chi connectivity index (χ0n) is 16.6. The fraction of sp³-hybridized carbons (Fsp3) is 0.120. The second-order valence-electron chi connectivity index (χ2n) is 6.95. The van der Waals surface area contributed by atoms with Gasteiger partial charge in [-0.15, -0.1) is 0 Å². The Hall–Kier alpha value is -3.55. The number of ether oxygens (including phenoxy) is 1. The van der Waals surface area contributed by atoms with Crippen molar-refractivity contribution in [1.29, 1.82) is 5.26 Å². The SMILES string of the molecule is Cc1oc(N=Cc2c(OCc3ccc(Cl)cc3)ccc3ccccc23)c(C#N)c1C. The lowest BCUT2D eigenvalue weighted by molar-refractivity contribution is 0.306. The van der Waals surface area contributed by atoms with Crippen molar-refractivity contribution >= 4 is 34.5 Å². The van der Waals surface area contributed by atoms with Crippen molar-refractivity contribution in [2.75, 3.05) is 0 Å². The molecule has 1 heterocycles. The van der Waals surface area contributed by atoms with Gasteiger partial charge in [-0.1, -0.05) is 54.1 Å². The Morgan fingerprint density at radius 2 is 1.83 bits per heavy atom. The molecule has 0 aliphatic carbocycles. The first-order chi connectivity index (χ1) is 14.6. The predicted molar refractivity (Wildman–Crippen MR) is 120 cm³/mol. The summed E-state index contributed by atoms with van der Waals surface area (Å²) in [7, 11) is 0. The van der Waals surface area contributed by atoms with Crippen LogP contribution in [0, 0.1) is 25.2 Å². The minimum atomic E-state index is 0.309. The van der Waals surface area contributed by atoms with Crippen LogP contribution < -0.4 is 4.74 Å². The molecular formula is C25H19ClN2O2. The molecule has 1 aromatic heterocycles. The smallest absolute Gasteiger partial charge is 0.237 e. The van der Waals surface area contributed by atoms with Gasteiger partial charge in [-0.25, -0.2) is 4.99 Å². The molecule has 0 unspecified atom stereocenters. The van der Waals surface area contributed by atoms with Crippen LogP contribution in [0.2, 0.25) is 5.02 Å². The third-order valence-electron chi connectivity index (χ3n) is 5.03. The largest absolute Gasteiger partial charge is 0.488 e. The molecule has 0 bridgehead atoms. The maximum Gasteiger partial charge on any atom is 0.237 e. The van der Waals surface area contributed by atoms with Crippen molar-refractivity contribution in [3.8, 4) is 11.8 Å². The highest BCUT2D eigenvalue weighted by atomic mass is 35.5. The Morgan fingerprint density at radius 1 is 1.07 bits per heavy atom. The lowest BCUT2D eigenvalue weighted by atomic mass is 10.0. The number of hydrogen-bond donors (Lipinski definition) is 0. The van der Waals surface area contributed by atoms with E-state index in [9.17, 15) is 5.26 Å². The molecule has 0 spiro atoms. The first kappa shape index (κ1) is 19.8. The van der Waals surface area contributed by atoms with Crippen molar-refractivity contribution in [3.05, 3.63) is 93.7 Å². The van der Waals surface area contributed by atoms with Gasteiger partial charge in [-0.3, -0.25) is 0 Å². The zero-order valence-corrected chi connectivity index (χ0v) is 17.4. The van der Waals surface area contributed by atoms with Gasteiger partial charge < -0.3 is 9.15 Å². The Bertz CT molecular complexity index is 1280. The van der Waals surface area contributed by atoms with Crippen molar-refractivity contribution in [2.24, 2.45) is 4.99 Å². The summed E-state index contributed by atoms with van der Waals surface area (Å²) in [6.45, 7) is 4.08. The molecule has 148 valence electrons. The quantitative estimate of drug-likeness (QED) is 0.333. The monoisotopic (exact) mass is 414 g/mol. The second kappa shape index (κ2) is 8.44. The molecule has 3 aromatic carbocycles. The zero-order chi connectivity index (χ0) is 21.1. The number of hydrogen-bond acceptors (Lipinski definition) is 4. The van der Waals surface area contributed by atoms with Crippen LogP contribution in [0.15, 0.2) is 70.1 Å². The summed E-state index contributed by atoms with van der Waals surface area (Å²) in [5.74, 6) is 1.70. The Morgan fingerprint density at radius 3 is 2.60 bits per heavy atom. The summed E-state index contributed by atoms with van der Waals surface area (Å²) in [5, 5.41) is 12.2. The first-order valence-electron chi connectivity index (χ1n) is 9.50. The number of rotatable bonds is 5. The van der Waals surface area contributed by atoms with Gasteiger partial charge >= 0.3 is 0 Å². The van der Waals surface area contributed by atoms with Crippen LogP contribution in [0.1, 0.15) is 28.0 Å². The minimum absolute atomic E-state index is 0.309. The maximum absolute atomic E-state index is 9.45. The van der Waals surface area contributed by atoms with E-state index in [1.807, 2.05) is 74.5 Å². The number of furan rings is 1. The van der Waals surface area contributed by atoms with Gasteiger partial charge in [0, 0.05) is 22.4 Å². The molecule has 0 atom stereocenters. The van der Waals surface area contributed by atoms with E-state index >= 15 is 0 Å². The molecule has 0 N–H and O–H groups in total. The van der Waals surface area contributed by atoms with E-state index in [2.05, 4.69) is 11.1 Å². The van der Waals surface area contributed by atoms with Gasteiger partial charge in [0.2, 0.25) is 5.88 Å². The molecule has 0 aliphatic heterocycles. The molecular weight excluding hydrogens is 396 g/mol. The van der Waals surface area contributed by atoms with E-state index in [0.29, 0.717) is 34.6 Å². The van der Waals surface area contributed by atoms with Gasteiger partial charge in [-0.2, -0.15) is 5.26 Å². The second-order valence-corrected chi connectivity index (χ2v) is 7.38. The molecule has 4 nitrogen and oxygen atoms in total. The van der Waals surface area contributed by atoms with Crippen LogP contribution in [-0.4, -0.2) is 6.21 Å². The highest BCUT2D eigenvalue weighted by Crippen LogP contribution is 2.31. The maximum atomic E-state index is 9.45. The molecule has 5 heteroatoms. The number of aliphatic imine (C=N–C) groups is 1. The highest BCUT2D eigenvalue weighted by Gasteiger charge is 2.14. The van der Waals surface area contributed by atoms with Crippen LogP contribution >= 0.6 is 11.6 Å². The fourth-order valence-corrected chi connectivity index (χ4v) is 3.36. The van der Waals surface area contributed by atoms with E-state index in [4.69, 9.17) is 20.8 Å². The van der Waals surface area contributed by atoms with Gasteiger partial charge in [-0.05, 0) is 48.4 Å². The third kappa shape index (κ3) is 3.94. The van der Waals surface area contributed by atoms with Crippen LogP contribution in [0.25, 0.3) is 10.8 Å². The third-order valence-corrected chi connectivity index (χ3v) is 5.28. The van der Waals surface area contributed by atoms with E-state index < -0.39 is 0 Å². The fourth-order valence-electron chi connectivity index (χ4n) is 3.23. The molecule has 4 aromatic rings. The molecule has 0 saturated carbocycles. The predicted octanol–water partition coefficient (Wildman–Crippen LogP) is 6.90. The minimum Gasteiger partial charge on any atom is -0.488 e. The summed E-state index contributed by atoms with van der Waals surface area (Å²) in [6.07, 6.45) is 1.71. The van der Waals surface area contributed by atoms with Crippen LogP contribution in [0.5, 0.6) is 5.75 Å². The number of aryl methyl sites for hydroxylation is 1. The number of benzene rings is 3. The summed E-state index contributed by atoms with van der Waals surface area (Å²) in [5.41, 5.74) is 3.10. The van der Waals surface area contributed by atoms with Crippen LogP contribution in [0.4, 0.5) is 5.88 Å². The Kier molecular flexibility index (Phi) is 5.56. The average molecular weight is 415 g/mol. The summed E-state index contributed by atoms with van der Waals surface area (Å²) in [4.78, 5) is 4.49. The number of nitrogens with zero attached hydrogens (tertiary/aromatic N) is 2. The lowest BCUT2D eigenvalue weighted by Crippen LogP contribution is -1.99. The molecule has 0 saturated heterocycles. The summed E-state index contributed by atoms with van der Waals surface area (Å²) in [6, 6.07) is 21.7. The average Bonchev–Trinajstić information content (AvgIpc) is 3.04. The summed E-state index contributed by atoms with van der Waals surface area (Å²) >= 11 is 5.97. The first-order valence-corrected chi connectivity index (χ1v) is 9.88. The lowest BCUT2D eigenvalue weighted by Gasteiger charge is -2.12. The summed E-state index contributed by atoms with van der Waals surface area (Å²) < 4.78 is 11.8. The van der Waals surface area contributed by atoms with Crippen molar-refractivity contribution in [1.82, 2.24) is 0 Å². The van der Waals surface area contributed by atoms with Gasteiger partial charge in [0.1, 0.15) is 29.7 Å². The Balaban J connectivity index is 1.73. The van der Waals surface area contributed by atoms with Crippen molar-refractivity contribution in [2.45, 2.75) is 20.5 Å². The normalized spacial score (nSPS) is 11.1. The molecule has 0 fully saturated rings. The van der Waals surface area contributed by atoms with Crippen LogP contribution in [-0.2, 0) is 6.61 Å². The molecule has 4 rings (SSSR count). The Labute approximate surface area is 180 Å². The van der Waals surface area contributed by atoms with Crippen LogP contribution in [0.3, 0.4) is 0 Å². The number of halogens is 1. The van der Waals surface area contributed by atoms with Gasteiger partial charge in [0.15, 0.2) is 0 Å². The van der Waals surface area contributed by atoms with E-state index in [-0.39, 0.29) is 0 Å².